The fourth-order valence-corrected chi connectivity index (χ4v) is 2.14. The molecule has 1 aromatic heterocycles. The quantitative estimate of drug-likeness (QED) is 0.566. The van der Waals surface area contributed by atoms with Crippen molar-refractivity contribution in [3.05, 3.63) is 21.9 Å². The Labute approximate surface area is 78.6 Å². The van der Waals surface area contributed by atoms with E-state index in [0.29, 0.717) is 0 Å². The van der Waals surface area contributed by atoms with Crippen LogP contribution in [0.5, 0.6) is 0 Å². The first-order chi connectivity index (χ1) is 5.13. The summed E-state index contributed by atoms with van der Waals surface area (Å²) in [6.07, 6.45) is 0. The summed E-state index contributed by atoms with van der Waals surface area (Å²) in [4.78, 5) is 12.2. The van der Waals surface area contributed by atoms with E-state index in [0.717, 1.165) is 10.4 Å². The van der Waals surface area contributed by atoms with Crippen LogP contribution >= 0.6 is 27.3 Å². The second-order valence-corrected chi connectivity index (χ2v) is 4.70. The number of carbonyl (C=O) groups is 1. The standard InChI is InChI=1S/C8H9BrOS/c1-5-3-4-11-8(5)7(10)6(2)9/h3-4,6H,1-2H3. The Morgan fingerprint density at radius 2 is 2.36 bits per heavy atom. The average molecular weight is 233 g/mol. The van der Waals surface area contributed by atoms with Gasteiger partial charge in [0.15, 0.2) is 5.78 Å². The molecule has 0 aliphatic carbocycles. The van der Waals surface area contributed by atoms with Crippen molar-refractivity contribution >= 4 is 33.0 Å². The van der Waals surface area contributed by atoms with Gasteiger partial charge in [0.05, 0.1) is 9.70 Å². The topological polar surface area (TPSA) is 17.1 Å². The molecule has 0 radical (unpaired) electrons. The van der Waals surface area contributed by atoms with Crippen molar-refractivity contribution in [1.82, 2.24) is 0 Å². The van der Waals surface area contributed by atoms with Gasteiger partial charge >= 0.3 is 0 Å². The van der Waals surface area contributed by atoms with Gasteiger partial charge in [-0.05, 0) is 30.9 Å². The first-order valence-corrected chi connectivity index (χ1v) is 5.15. The lowest BCUT2D eigenvalue weighted by atomic mass is 10.2. The monoisotopic (exact) mass is 232 g/mol. The number of ketones is 1. The number of aryl methyl sites for hydroxylation is 1. The fourth-order valence-electron chi connectivity index (χ4n) is 0.806. The first kappa shape index (κ1) is 8.94. The van der Waals surface area contributed by atoms with Gasteiger partial charge in [-0.2, -0.15) is 0 Å². The third-order valence-corrected chi connectivity index (χ3v) is 2.89. The van der Waals surface area contributed by atoms with E-state index < -0.39 is 0 Å². The lowest BCUT2D eigenvalue weighted by Crippen LogP contribution is -2.08. The zero-order chi connectivity index (χ0) is 8.43. The molecule has 0 saturated carbocycles. The van der Waals surface area contributed by atoms with Crippen LogP contribution in [0.15, 0.2) is 11.4 Å². The summed E-state index contributed by atoms with van der Waals surface area (Å²) in [5.74, 6) is 0.178. The molecule has 0 N–H and O–H groups in total. The molecule has 0 aromatic carbocycles. The maximum atomic E-state index is 11.4. The van der Waals surface area contributed by atoms with E-state index >= 15 is 0 Å². The molecular formula is C8H9BrOS. The summed E-state index contributed by atoms with van der Waals surface area (Å²) >= 11 is 4.76. The van der Waals surface area contributed by atoms with E-state index in [9.17, 15) is 4.79 Å². The molecule has 0 bridgehead atoms. The van der Waals surface area contributed by atoms with Crippen LogP contribution in [0.1, 0.15) is 22.2 Å². The van der Waals surface area contributed by atoms with E-state index in [-0.39, 0.29) is 10.6 Å². The first-order valence-electron chi connectivity index (χ1n) is 3.35. The summed E-state index contributed by atoms with van der Waals surface area (Å²) in [5.41, 5.74) is 1.08. The van der Waals surface area contributed by atoms with Gasteiger partial charge in [-0.1, -0.05) is 15.9 Å². The molecule has 3 heteroatoms. The molecule has 1 rings (SSSR count). The Morgan fingerprint density at radius 3 is 2.73 bits per heavy atom. The molecule has 0 spiro atoms. The Hall–Kier alpha value is -0.150. The predicted octanol–water partition coefficient (Wildman–Crippen LogP) is 3.02. The number of Topliss-reactive ketones (excluding diaryl/α,β-unsaturated/α-hetero) is 1. The van der Waals surface area contributed by atoms with Gasteiger partial charge in [0, 0.05) is 0 Å². The van der Waals surface area contributed by atoms with Gasteiger partial charge in [-0.3, -0.25) is 4.79 Å². The maximum Gasteiger partial charge on any atom is 0.186 e. The molecule has 0 fully saturated rings. The molecule has 11 heavy (non-hydrogen) atoms. The molecule has 1 unspecified atom stereocenters. The third kappa shape index (κ3) is 1.91. The van der Waals surface area contributed by atoms with Crippen LogP contribution in [-0.2, 0) is 0 Å². The fraction of sp³-hybridized carbons (Fsp3) is 0.375. The average Bonchev–Trinajstić information content (AvgIpc) is 2.33. The van der Waals surface area contributed by atoms with Gasteiger partial charge in [-0.25, -0.2) is 0 Å². The molecule has 0 aliphatic rings. The molecule has 1 heterocycles. The molecule has 0 amide bonds. The number of hydrogen-bond donors (Lipinski definition) is 0. The van der Waals surface area contributed by atoms with Crippen LogP contribution in [0.3, 0.4) is 0 Å². The highest BCUT2D eigenvalue weighted by molar-refractivity contribution is 9.10. The van der Waals surface area contributed by atoms with Crippen molar-refractivity contribution in [3.63, 3.8) is 0 Å². The molecule has 1 atom stereocenters. The maximum absolute atomic E-state index is 11.4. The predicted molar refractivity (Wildman–Crippen MR) is 51.8 cm³/mol. The minimum atomic E-state index is -0.0696. The van der Waals surface area contributed by atoms with Crippen LogP contribution < -0.4 is 0 Å². The molecular weight excluding hydrogens is 224 g/mol. The Bertz CT molecular complexity index is 265. The Kier molecular flexibility index (Phi) is 2.84. The third-order valence-electron chi connectivity index (χ3n) is 1.45. The van der Waals surface area contributed by atoms with E-state index in [2.05, 4.69) is 15.9 Å². The van der Waals surface area contributed by atoms with Crippen molar-refractivity contribution in [2.24, 2.45) is 0 Å². The number of halogens is 1. The number of hydrogen-bond acceptors (Lipinski definition) is 2. The zero-order valence-corrected chi connectivity index (χ0v) is 8.83. The molecule has 1 aromatic rings. The summed E-state index contributed by atoms with van der Waals surface area (Å²) in [6.45, 7) is 3.81. The van der Waals surface area contributed by atoms with E-state index in [1.54, 1.807) is 0 Å². The normalized spacial score (nSPS) is 13.0. The molecule has 60 valence electrons. The molecule has 0 aliphatic heterocycles. The van der Waals surface area contributed by atoms with Gasteiger partial charge in [-0.15, -0.1) is 11.3 Å². The highest BCUT2D eigenvalue weighted by Crippen LogP contribution is 2.19. The van der Waals surface area contributed by atoms with Gasteiger partial charge < -0.3 is 0 Å². The van der Waals surface area contributed by atoms with E-state index in [4.69, 9.17) is 0 Å². The van der Waals surface area contributed by atoms with Gasteiger partial charge in [0.25, 0.3) is 0 Å². The van der Waals surface area contributed by atoms with Crippen molar-refractivity contribution in [3.8, 4) is 0 Å². The Morgan fingerprint density at radius 1 is 1.73 bits per heavy atom. The lowest BCUT2D eigenvalue weighted by molar-refractivity contribution is 0.0999. The highest BCUT2D eigenvalue weighted by Gasteiger charge is 2.14. The van der Waals surface area contributed by atoms with Crippen LogP contribution in [0.2, 0.25) is 0 Å². The van der Waals surface area contributed by atoms with Crippen molar-refractivity contribution in [1.29, 1.82) is 0 Å². The molecule has 1 nitrogen and oxygen atoms in total. The van der Waals surface area contributed by atoms with Crippen molar-refractivity contribution < 1.29 is 4.79 Å². The molecule has 0 saturated heterocycles. The number of rotatable bonds is 2. The van der Waals surface area contributed by atoms with Crippen LogP contribution in [-0.4, -0.2) is 10.6 Å². The van der Waals surface area contributed by atoms with E-state index in [1.165, 1.54) is 11.3 Å². The number of thiophene rings is 1. The van der Waals surface area contributed by atoms with Gasteiger partial charge in [0.1, 0.15) is 0 Å². The smallest absolute Gasteiger partial charge is 0.186 e. The minimum absolute atomic E-state index is 0.0696. The van der Waals surface area contributed by atoms with Gasteiger partial charge in [0.2, 0.25) is 0 Å². The highest BCUT2D eigenvalue weighted by atomic mass is 79.9. The summed E-state index contributed by atoms with van der Waals surface area (Å²) in [5, 5.41) is 1.94. The van der Waals surface area contributed by atoms with Crippen LogP contribution in [0.25, 0.3) is 0 Å². The van der Waals surface area contributed by atoms with E-state index in [1.807, 2.05) is 25.3 Å². The number of alkyl halides is 1. The number of carbonyl (C=O) groups excluding carboxylic acids is 1. The van der Waals surface area contributed by atoms with Crippen LogP contribution in [0, 0.1) is 6.92 Å². The van der Waals surface area contributed by atoms with Crippen molar-refractivity contribution in [2.75, 3.05) is 0 Å². The van der Waals surface area contributed by atoms with Crippen molar-refractivity contribution in [2.45, 2.75) is 18.7 Å². The summed E-state index contributed by atoms with van der Waals surface area (Å²) in [7, 11) is 0. The zero-order valence-electron chi connectivity index (χ0n) is 6.43. The minimum Gasteiger partial charge on any atom is -0.292 e. The van der Waals surface area contributed by atoms with Crippen LogP contribution in [0.4, 0.5) is 0 Å². The second kappa shape index (κ2) is 3.50. The largest absolute Gasteiger partial charge is 0.292 e. The Balaban J connectivity index is 2.93. The lowest BCUT2D eigenvalue weighted by Gasteiger charge is -1.99. The second-order valence-electron chi connectivity index (χ2n) is 2.41. The SMILES string of the molecule is Cc1ccsc1C(=O)C(C)Br. The summed E-state index contributed by atoms with van der Waals surface area (Å²) in [6, 6.07) is 1.97. The summed E-state index contributed by atoms with van der Waals surface area (Å²) < 4.78 is 0.